The standard InChI is InChI=1S/C22H25ClFNO3/c1-15(2)28-16(3)9-17-5-4-6-21(10-17)26-13-20(24)14-27-22-8-7-19(23)11-18(22)12-25/h4-8,10-11,15-16,20H,9,13-14H2,1-3H3/t16-,20-/m0/s1. The summed E-state index contributed by atoms with van der Waals surface area (Å²) < 4.78 is 30.9. The summed E-state index contributed by atoms with van der Waals surface area (Å²) >= 11 is 5.84. The van der Waals surface area contributed by atoms with E-state index in [2.05, 4.69) is 0 Å². The molecular weight excluding hydrogens is 381 g/mol. The lowest BCUT2D eigenvalue weighted by molar-refractivity contribution is 0.0194. The van der Waals surface area contributed by atoms with Crippen LogP contribution < -0.4 is 9.47 Å². The van der Waals surface area contributed by atoms with Gasteiger partial charge in [-0.05, 0) is 63.1 Å². The van der Waals surface area contributed by atoms with E-state index in [1.165, 1.54) is 6.07 Å². The minimum absolute atomic E-state index is 0.0891. The molecule has 0 aliphatic carbocycles. The zero-order valence-electron chi connectivity index (χ0n) is 16.3. The van der Waals surface area contributed by atoms with Gasteiger partial charge in [0.15, 0.2) is 6.17 Å². The summed E-state index contributed by atoms with van der Waals surface area (Å²) in [5, 5.41) is 9.51. The van der Waals surface area contributed by atoms with Crippen molar-refractivity contribution >= 4 is 11.6 Å². The fourth-order valence-electron chi connectivity index (χ4n) is 2.74. The molecule has 6 heteroatoms. The highest BCUT2D eigenvalue weighted by molar-refractivity contribution is 6.30. The zero-order chi connectivity index (χ0) is 20.5. The van der Waals surface area contributed by atoms with Crippen LogP contribution in [0.4, 0.5) is 4.39 Å². The van der Waals surface area contributed by atoms with Crippen LogP contribution in [0.2, 0.25) is 5.02 Å². The second-order valence-electron chi connectivity index (χ2n) is 6.82. The van der Waals surface area contributed by atoms with Crippen molar-refractivity contribution in [3.05, 3.63) is 58.6 Å². The predicted octanol–water partition coefficient (Wildman–Crippen LogP) is 5.36. The van der Waals surface area contributed by atoms with Crippen molar-refractivity contribution in [3.8, 4) is 17.6 Å². The van der Waals surface area contributed by atoms with Crippen molar-refractivity contribution in [1.82, 2.24) is 0 Å². The molecule has 0 aromatic heterocycles. The second kappa shape index (κ2) is 10.9. The van der Waals surface area contributed by atoms with Crippen LogP contribution in [0.15, 0.2) is 42.5 Å². The fraction of sp³-hybridized carbons (Fsp3) is 0.409. The molecule has 0 saturated carbocycles. The molecule has 0 N–H and O–H groups in total. The summed E-state index contributed by atoms with van der Waals surface area (Å²) in [5.41, 5.74) is 1.34. The van der Waals surface area contributed by atoms with Crippen LogP contribution in [-0.2, 0) is 11.2 Å². The van der Waals surface area contributed by atoms with Crippen molar-refractivity contribution in [1.29, 1.82) is 5.26 Å². The monoisotopic (exact) mass is 405 g/mol. The second-order valence-corrected chi connectivity index (χ2v) is 7.25. The molecule has 28 heavy (non-hydrogen) atoms. The van der Waals surface area contributed by atoms with E-state index in [0.29, 0.717) is 16.5 Å². The molecular formula is C22H25ClFNO3. The lowest BCUT2D eigenvalue weighted by atomic mass is 10.1. The average Bonchev–Trinajstić information content (AvgIpc) is 2.64. The summed E-state index contributed by atoms with van der Waals surface area (Å²) in [5.74, 6) is 0.900. The number of halogens is 2. The summed E-state index contributed by atoms with van der Waals surface area (Å²) in [6.07, 6.45) is -0.324. The number of alkyl halides is 1. The molecule has 4 nitrogen and oxygen atoms in total. The van der Waals surface area contributed by atoms with Gasteiger partial charge in [0.25, 0.3) is 0 Å². The van der Waals surface area contributed by atoms with Crippen LogP contribution in [0.3, 0.4) is 0 Å². The van der Waals surface area contributed by atoms with E-state index in [4.69, 9.17) is 31.1 Å². The van der Waals surface area contributed by atoms with Crippen LogP contribution >= 0.6 is 11.6 Å². The zero-order valence-corrected chi connectivity index (χ0v) is 17.1. The summed E-state index contributed by atoms with van der Waals surface area (Å²) in [4.78, 5) is 0. The Bertz CT molecular complexity index is 807. The van der Waals surface area contributed by atoms with E-state index in [0.717, 1.165) is 12.0 Å². The van der Waals surface area contributed by atoms with E-state index >= 15 is 0 Å². The van der Waals surface area contributed by atoms with E-state index < -0.39 is 6.17 Å². The number of hydrogen-bond donors (Lipinski definition) is 0. The molecule has 150 valence electrons. The largest absolute Gasteiger partial charge is 0.490 e. The normalized spacial score (nSPS) is 13.0. The van der Waals surface area contributed by atoms with Crippen LogP contribution in [0.5, 0.6) is 11.5 Å². The number of benzene rings is 2. The van der Waals surface area contributed by atoms with Crippen LogP contribution in [0, 0.1) is 11.3 Å². The van der Waals surface area contributed by atoms with Gasteiger partial charge in [-0.3, -0.25) is 0 Å². The molecule has 2 rings (SSSR count). The van der Waals surface area contributed by atoms with Crippen LogP contribution in [0.25, 0.3) is 0 Å². The molecule has 2 aromatic rings. The molecule has 0 heterocycles. The highest BCUT2D eigenvalue weighted by Crippen LogP contribution is 2.22. The van der Waals surface area contributed by atoms with Gasteiger partial charge in [-0.25, -0.2) is 4.39 Å². The van der Waals surface area contributed by atoms with Gasteiger partial charge in [0.1, 0.15) is 30.8 Å². The Morgan fingerprint density at radius 1 is 1.07 bits per heavy atom. The average molecular weight is 406 g/mol. The molecule has 0 saturated heterocycles. The molecule has 0 fully saturated rings. The molecule has 2 aromatic carbocycles. The number of hydrogen-bond acceptors (Lipinski definition) is 4. The van der Waals surface area contributed by atoms with E-state index in [9.17, 15) is 4.39 Å². The lowest BCUT2D eigenvalue weighted by Crippen LogP contribution is -2.21. The minimum atomic E-state index is -1.34. The van der Waals surface area contributed by atoms with Crippen molar-refractivity contribution in [2.45, 2.75) is 45.6 Å². The first-order chi connectivity index (χ1) is 13.4. The Hall–Kier alpha value is -2.29. The molecule has 0 spiro atoms. The summed E-state index contributed by atoms with van der Waals surface area (Å²) in [6.45, 7) is 5.67. The first-order valence-corrected chi connectivity index (χ1v) is 9.59. The maximum atomic E-state index is 14.2. The summed E-state index contributed by atoms with van der Waals surface area (Å²) in [6, 6.07) is 14.2. The van der Waals surface area contributed by atoms with Crippen LogP contribution in [-0.4, -0.2) is 31.6 Å². The lowest BCUT2D eigenvalue weighted by Gasteiger charge is -2.17. The summed E-state index contributed by atoms with van der Waals surface area (Å²) in [7, 11) is 0. The highest BCUT2D eigenvalue weighted by Gasteiger charge is 2.12. The van der Waals surface area contributed by atoms with Gasteiger partial charge >= 0.3 is 0 Å². The molecule has 0 aliphatic heterocycles. The number of nitrogens with zero attached hydrogens (tertiary/aromatic N) is 1. The van der Waals surface area contributed by atoms with Gasteiger partial charge < -0.3 is 14.2 Å². The van der Waals surface area contributed by atoms with Crippen molar-refractivity contribution in [2.75, 3.05) is 13.2 Å². The third-order valence-electron chi connectivity index (χ3n) is 3.84. The molecule has 0 unspecified atom stereocenters. The quantitative estimate of drug-likeness (QED) is 0.533. The minimum Gasteiger partial charge on any atom is -0.490 e. The van der Waals surface area contributed by atoms with E-state index in [-0.39, 0.29) is 31.0 Å². The topological polar surface area (TPSA) is 51.5 Å². The fourth-order valence-corrected chi connectivity index (χ4v) is 2.91. The maximum absolute atomic E-state index is 14.2. The van der Waals surface area contributed by atoms with Gasteiger partial charge in [-0.15, -0.1) is 0 Å². The van der Waals surface area contributed by atoms with E-state index in [1.54, 1.807) is 18.2 Å². The van der Waals surface area contributed by atoms with Crippen LogP contribution in [0.1, 0.15) is 31.9 Å². The van der Waals surface area contributed by atoms with Gasteiger partial charge in [-0.1, -0.05) is 23.7 Å². The first-order valence-electron chi connectivity index (χ1n) is 9.21. The Labute approximate surface area is 170 Å². The predicted molar refractivity (Wildman–Crippen MR) is 108 cm³/mol. The molecule has 0 radical (unpaired) electrons. The maximum Gasteiger partial charge on any atom is 0.168 e. The Morgan fingerprint density at radius 3 is 2.54 bits per heavy atom. The van der Waals surface area contributed by atoms with Gasteiger partial charge in [-0.2, -0.15) is 5.26 Å². The Balaban J connectivity index is 1.83. The van der Waals surface area contributed by atoms with Gasteiger partial charge in [0, 0.05) is 5.02 Å². The van der Waals surface area contributed by atoms with Gasteiger partial charge in [0.05, 0.1) is 17.8 Å². The number of ether oxygens (including phenoxy) is 3. The van der Waals surface area contributed by atoms with Gasteiger partial charge in [0.2, 0.25) is 0 Å². The highest BCUT2D eigenvalue weighted by atomic mass is 35.5. The number of nitriles is 1. The van der Waals surface area contributed by atoms with Crippen molar-refractivity contribution < 1.29 is 18.6 Å². The molecule has 0 bridgehead atoms. The molecule has 0 aliphatic rings. The Morgan fingerprint density at radius 2 is 1.82 bits per heavy atom. The third kappa shape index (κ3) is 7.38. The molecule has 0 amide bonds. The SMILES string of the molecule is CC(C)O[C@@H](C)Cc1cccc(OC[C@H](F)COc2ccc(Cl)cc2C#N)c1. The van der Waals surface area contributed by atoms with Crippen molar-refractivity contribution in [2.24, 2.45) is 0 Å². The first kappa shape index (κ1) is 22.0. The third-order valence-corrected chi connectivity index (χ3v) is 4.07. The Kier molecular flexibility index (Phi) is 8.56. The van der Waals surface area contributed by atoms with E-state index in [1.807, 2.05) is 45.0 Å². The number of rotatable bonds is 10. The van der Waals surface area contributed by atoms with Crippen molar-refractivity contribution in [3.63, 3.8) is 0 Å². The molecule has 2 atom stereocenters. The smallest absolute Gasteiger partial charge is 0.168 e.